The Morgan fingerprint density at radius 2 is 1.93 bits per heavy atom. The Bertz CT molecular complexity index is 1110. The van der Waals surface area contributed by atoms with Crippen molar-refractivity contribution in [3.63, 3.8) is 0 Å². The molecule has 0 unspecified atom stereocenters. The van der Waals surface area contributed by atoms with Crippen LogP contribution in [0.1, 0.15) is 32.7 Å². The molecule has 0 fully saturated rings. The Balaban J connectivity index is 1.48. The summed E-state index contributed by atoms with van der Waals surface area (Å²) in [5.74, 6) is 1.02. The number of carbonyl (C=O) groups excluding carboxylic acids is 2. The fourth-order valence-electron chi connectivity index (χ4n) is 2.78. The van der Waals surface area contributed by atoms with Crippen LogP contribution in [0.4, 0.5) is 5.82 Å². The summed E-state index contributed by atoms with van der Waals surface area (Å²) in [5, 5.41) is 9.10. The predicted octanol–water partition coefficient (Wildman–Crippen LogP) is 4.71. The van der Waals surface area contributed by atoms with Crippen LogP contribution in [0.25, 0.3) is 11.3 Å². The molecule has 4 rings (SSSR count). The first-order valence-corrected chi connectivity index (χ1v) is 9.55. The molecule has 28 heavy (non-hydrogen) atoms. The van der Waals surface area contributed by atoms with Gasteiger partial charge in [0.05, 0.1) is 12.7 Å². The van der Waals surface area contributed by atoms with E-state index >= 15 is 0 Å². The topological polar surface area (TPSA) is 77.1 Å². The van der Waals surface area contributed by atoms with Crippen LogP contribution in [-0.2, 0) is 6.54 Å². The Morgan fingerprint density at radius 1 is 1.11 bits per heavy atom. The van der Waals surface area contributed by atoms with Gasteiger partial charge in [-0.05, 0) is 30.5 Å². The SMILES string of the molecule is CC(=O)c1ccc(-c2ccc(C(=O)Nc3ccnn3Cc3cccs3)o2)cc1. The summed E-state index contributed by atoms with van der Waals surface area (Å²) >= 11 is 1.64. The number of hydrogen-bond donors (Lipinski definition) is 1. The summed E-state index contributed by atoms with van der Waals surface area (Å²) in [6.07, 6.45) is 1.65. The molecule has 7 heteroatoms. The number of furan rings is 1. The fourth-order valence-corrected chi connectivity index (χ4v) is 3.46. The number of nitrogens with one attached hydrogen (secondary N) is 1. The Labute approximate surface area is 165 Å². The fraction of sp³-hybridized carbons (Fsp3) is 0.0952. The van der Waals surface area contributed by atoms with Gasteiger partial charge in [0.2, 0.25) is 0 Å². The number of carbonyl (C=O) groups is 2. The highest BCUT2D eigenvalue weighted by atomic mass is 32.1. The number of hydrogen-bond acceptors (Lipinski definition) is 5. The number of rotatable bonds is 6. The number of nitrogens with zero attached hydrogens (tertiary/aromatic N) is 2. The molecule has 1 aromatic carbocycles. The molecule has 1 amide bonds. The van der Waals surface area contributed by atoms with Crippen molar-refractivity contribution >= 4 is 28.8 Å². The van der Waals surface area contributed by atoms with Crippen molar-refractivity contribution in [3.8, 4) is 11.3 Å². The second kappa shape index (κ2) is 7.66. The normalized spacial score (nSPS) is 10.8. The van der Waals surface area contributed by atoms with E-state index < -0.39 is 0 Å². The number of aromatic nitrogens is 2. The number of anilines is 1. The molecule has 1 N–H and O–H groups in total. The highest BCUT2D eigenvalue weighted by Gasteiger charge is 2.15. The third kappa shape index (κ3) is 3.79. The molecule has 3 aromatic heterocycles. The number of benzene rings is 1. The van der Waals surface area contributed by atoms with Crippen LogP contribution in [0.3, 0.4) is 0 Å². The first kappa shape index (κ1) is 17.9. The van der Waals surface area contributed by atoms with Gasteiger partial charge in [-0.15, -0.1) is 11.3 Å². The van der Waals surface area contributed by atoms with Crippen molar-refractivity contribution < 1.29 is 14.0 Å². The Hall–Kier alpha value is -3.45. The molecule has 0 aliphatic heterocycles. The highest BCUT2D eigenvalue weighted by Crippen LogP contribution is 2.23. The van der Waals surface area contributed by atoms with Gasteiger partial charge >= 0.3 is 0 Å². The van der Waals surface area contributed by atoms with Crippen LogP contribution in [0.2, 0.25) is 0 Å². The molecule has 0 radical (unpaired) electrons. The maximum Gasteiger partial charge on any atom is 0.292 e. The van der Waals surface area contributed by atoms with Gasteiger partial charge in [-0.1, -0.05) is 30.3 Å². The lowest BCUT2D eigenvalue weighted by atomic mass is 10.1. The van der Waals surface area contributed by atoms with Crippen LogP contribution in [0, 0.1) is 0 Å². The molecule has 0 bridgehead atoms. The van der Waals surface area contributed by atoms with Crippen LogP contribution in [-0.4, -0.2) is 21.5 Å². The number of thiophene rings is 1. The zero-order valence-electron chi connectivity index (χ0n) is 15.1. The van der Waals surface area contributed by atoms with E-state index in [1.165, 1.54) is 6.92 Å². The molecule has 0 saturated heterocycles. The van der Waals surface area contributed by atoms with Crippen molar-refractivity contribution in [1.29, 1.82) is 0 Å². The second-order valence-electron chi connectivity index (χ2n) is 6.21. The van der Waals surface area contributed by atoms with Gasteiger partial charge in [0, 0.05) is 22.1 Å². The third-order valence-electron chi connectivity index (χ3n) is 4.25. The van der Waals surface area contributed by atoms with E-state index in [0.29, 0.717) is 23.7 Å². The smallest absolute Gasteiger partial charge is 0.292 e. The van der Waals surface area contributed by atoms with Crippen molar-refractivity contribution in [3.05, 3.63) is 82.4 Å². The van der Waals surface area contributed by atoms with Crippen molar-refractivity contribution in [2.45, 2.75) is 13.5 Å². The molecule has 3 heterocycles. The van der Waals surface area contributed by atoms with E-state index in [-0.39, 0.29) is 17.5 Å². The van der Waals surface area contributed by atoms with Crippen LogP contribution < -0.4 is 5.32 Å². The number of amides is 1. The maximum absolute atomic E-state index is 12.6. The number of ketones is 1. The largest absolute Gasteiger partial charge is 0.451 e. The zero-order chi connectivity index (χ0) is 19.5. The standard InChI is InChI=1S/C21H17N3O3S/c1-14(25)15-4-6-16(7-5-15)18-8-9-19(27-18)21(26)23-20-10-11-22-24(20)13-17-3-2-12-28-17/h2-12H,13H2,1H3,(H,23,26). The first-order chi connectivity index (χ1) is 13.6. The van der Waals surface area contributed by atoms with Crippen molar-refractivity contribution in [2.75, 3.05) is 5.32 Å². The van der Waals surface area contributed by atoms with E-state index in [2.05, 4.69) is 10.4 Å². The van der Waals surface area contributed by atoms with Gasteiger partial charge in [-0.3, -0.25) is 9.59 Å². The molecule has 0 saturated carbocycles. The van der Waals surface area contributed by atoms with Crippen LogP contribution >= 0.6 is 11.3 Å². The summed E-state index contributed by atoms with van der Waals surface area (Å²) in [7, 11) is 0. The minimum absolute atomic E-state index is 0.00483. The van der Waals surface area contributed by atoms with Gasteiger partial charge in [0.15, 0.2) is 11.5 Å². The van der Waals surface area contributed by atoms with Crippen molar-refractivity contribution in [1.82, 2.24) is 9.78 Å². The van der Waals surface area contributed by atoms with Crippen molar-refractivity contribution in [2.24, 2.45) is 0 Å². The van der Waals surface area contributed by atoms with Gasteiger partial charge < -0.3 is 9.73 Å². The Kier molecular flexibility index (Phi) is 4.90. The van der Waals surface area contributed by atoms with Crippen LogP contribution in [0.15, 0.2) is 70.6 Å². The quantitative estimate of drug-likeness (QED) is 0.483. The average molecular weight is 391 g/mol. The van der Waals surface area contributed by atoms with E-state index in [1.54, 1.807) is 64.7 Å². The van der Waals surface area contributed by atoms with Gasteiger partial charge in [0.25, 0.3) is 5.91 Å². The minimum Gasteiger partial charge on any atom is -0.451 e. The molecule has 0 atom stereocenters. The van der Waals surface area contributed by atoms with E-state index in [1.807, 2.05) is 17.5 Å². The lowest BCUT2D eigenvalue weighted by molar-refractivity contribution is 0.0993. The lowest BCUT2D eigenvalue weighted by Gasteiger charge is -2.07. The molecular formula is C21H17N3O3S. The summed E-state index contributed by atoms with van der Waals surface area (Å²) in [6.45, 7) is 2.11. The second-order valence-corrected chi connectivity index (χ2v) is 7.24. The van der Waals surface area contributed by atoms with Gasteiger partial charge in [-0.2, -0.15) is 5.10 Å². The molecule has 0 aliphatic rings. The third-order valence-corrected chi connectivity index (χ3v) is 5.11. The minimum atomic E-state index is -0.348. The monoisotopic (exact) mass is 391 g/mol. The molecular weight excluding hydrogens is 374 g/mol. The van der Waals surface area contributed by atoms with E-state index in [4.69, 9.17) is 4.42 Å². The molecule has 0 spiro atoms. The van der Waals surface area contributed by atoms with E-state index in [9.17, 15) is 9.59 Å². The average Bonchev–Trinajstić information content (AvgIpc) is 3.45. The zero-order valence-corrected chi connectivity index (χ0v) is 15.9. The number of Topliss-reactive ketones (excluding diaryl/α,β-unsaturated/α-hetero) is 1. The predicted molar refractivity (Wildman–Crippen MR) is 108 cm³/mol. The lowest BCUT2D eigenvalue weighted by Crippen LogP contribution is -2.15. The Morgan fingerprint density at radius 3 is 2.64 bits per heavy atom. The summed E-state index contributed by atoms with van der Waals surface area (Å²) < 4.78 is 7.43. The van der Waals surface area contributed by atoms with Gasteiger partial charge in [-0.25, -0.2) is 4.68 Å². The molecule has 4 aromatic rings. The van der Waals surface area contributed by atoms with E-state index in [0.717, 1.165) is 10.4 Å². The summed E-state index contributed by atoms with van der Waals surface area (Å²) in [6, 6.07) is 16.2. The highest BCUT2D eigenvalue weighted by molar-refractivity contribution is 7.09. The molecule has 6 nitrogen and oxygen atoms in total. The van der Waals surface area contributed by atoms with Crippen LogP contribution in [0.5, 0.6) is 0 Å². The first-order valence-electron chi connectivity index (χ1n) is 8.67. The molecule has 0 aliphatic carbocycles. The summed E-state index contributed by atoms with van der Waals surface area (Å²) in [4.78, 5) is 25.1. The molecule has 140 valence electrons. The summed E-state index contributed by atoms with van der Waals surface area (Å²) in [5.41, 5.74) is 1.43. The van der Waals surface area contributed by atoms with Gasteiger partial charge in [0.1, 0.15) is 11.6 Å². The maximum atomic E-state index is 12.6.